The molecule has 0 saturated carbocycles. The van der Waals surface area contributed by atoms with E-state index in [1.54, 1.807) is 0 Å². The molecule has 1 aliphatic rings. The molecule has 0 aliphatic carbocycles. The number of urea groups is 1. The van der Waals surface area contributed by atoms with Crippen LogP contribution in [-0.2, 0) is 0 Å². The van der Waals surface area contributed by atoms with Crippen molar-refractivity contribution in [2.75, 3.05) is 29.9 Å². The van der Waals surface area contributed by atoms with Crippen LogP contribution in [0.4, 0.5) is 10.5 Å². The van der Waals surface area contributed by atoms with E-state index in [4.69, 9.17) is 11.6 Å². The first-order chi connectivity index (χ1) is 9.75. The summed E-state index contributed by atoms with van der Waals surface area (Å²) in [6.45, 7) is 1.62. The Bertz CT molecular complexity index is 641. The van der Waals surface area contributed by atoms with Crippen LogP contribution >= 0.6 is 23.4 Å². The summed E-state index contributed by atoms with van der Waals surface area (Å²) in [5.41, 5.74) is 0.813. The molecule has 1 heterocycles. The largest absolute Gasteiger partial charge is 0.323 e. The van der Waals surface area contributed by atoms with Crippen molar-refractivity contribution in [2.45, 2.75) is 0 Å². The molecule has 3 nitrogen and oxygen atoms in total. The van der Waals surface area contributed by atoms with E-state index in [0.717, 1.165) is 41.1 Å². The van der Waals surface area contributed by atoms with Crippen molar-refractivity contribution in [3.63, 3.8) is 0 Å². The lowest BCUT2D eigenvalue weighted by atomic mass is 10.1. The fraction of sp³-hybridized carbons (Fsp3) is 0.267. The maximum Gasteiger partial charge on any atom is 0.321 e. The number of anilines is 1. The summed E-state index contributed by atoms with van der Waals surface area (Å²) < 4.78 is 0. The lowest BCUT2D eigenvalue weighted by Gasteiger charge is -2.26. The minimum atomic E-state index is -0.0298. The van der Waals surface area contributed by atoms with Gasteiger partial charge in [-0.3, -0.25) is 0 Å². The van der Waals surface area contributed by atoms with Gasteiger partial charge in [-0.2, -0.15) is 11.8 Å². The number of carbonyl (C=O) groups excluding carboxylic acids is 1. The molecular formula is C15H15ClN2OS. The van der Waals surface area contributed by atoms with Crippen molar-refractivity contribution < 1.29 is 4.79 Å². The number of nitrogens with zero attached hydrogens (tertiary/aromatic N) is 1. The summed E-state index contributed by atoms with van der Waals surface area (Å²) >= 11 is 8.08. The Balaban J connectivity index is 1.87. The van der Waals surface area contributed by atoms with Gasteiger partial charge in [0.2, 0.25) is 0 Å². The molecule has 2 aromatic rings. The van der Waals surface area contributed by atoms with Crippen LogP contribution in [0.3, 0.4) is 0 Å². The van der Waals surface area contributed by atoms with E-state index < -0.39 is 0 Å². The smallest absolute Gasteiger partial charge is 0.321 e. The lowest BCUT2D eigenvalue weighted by molar-refractivity contribution is 0.217. The minimum Gasteiger partial charge on any atom is -0.323 e. The van der Waals surface area contributed by atoms with Crippen molar-refractivity contribution in [1.29, 1.82) is 0 Å². The monoisotopic (exact) mass is 306 g/mol. The summed E-state index contributed by atoms with van der Waals surface area (Å²) in [6.07, 6.45) is 0. The fourth-order valence-electron chi connectivity index (χ4n) is 2.33. The quantitative estimate of drug-likeness (QED) is 0.861. The Hall–Kier alpha value is -1.39. The Kier molecular flexibility index (Phi) is 4.03. The van der Waals surface area contributed by atoms with Crippen molar-refractivity contribution in [2.24, 2.45) is 0 Å². The second kappa shape index (κ2) is 5.94. The molecule has 3 rings (SSSR count). The number of halogens is 1. The van der Waals surface area contributed by atoms with Crippen molar-refractivity contribution >= 4 is 45.9 Å². The highest BCUT2D eigenvalue weighted by Crippen LogP contribution is 2.29. The number of hydrogen-bond donors (Lipinski definition) is 1. The van der Waals surface area contributed by atoms with E-state index in [1.165, 1.54) is 0 Å². The van der Waals surface area contributed by atoms with Crippen LogP contribution in [0, 0.1) is 0 Å². The van der Waals surface area contributed by atoms with Crippen LogP contribution in [0.2, 0.25) is 5.02 Å². The zero-order valence-electron chi connectivity index (χ0n) is 10.9. The summed E-state index contributed by atoms with van der Waals surface area (Å²) in [4.78, 5) is 14.1. The van der Waals surface area contributed by atoms with Gasteiger partial charge in [0.15, 0.2) is 0 Å². The van der Waals surface area contributed by atoms with Gasteiger partial charge in [-0.15, -0.1) is 0 Å². The van der Waals surface area contributed by atoms with Crippen LogP contribution in [0.5, 0.6) is 0 Å². The zero-order valence-corrected chi connectivity index (χ0v) is 12.5. The average Bonchev–Trinajstić information content (AvgIpc) is 2.51. The number of benzene rings is 2. The number of amides is 2. The molecule has 2 aromatic carbocycles. The van der Waals surface area contributed by atoms with Gasteiger partial charge >= 0.3 is 6.03 Å². The Labute approximate surface area is 127 Å². The molecular weight excluding hydrogens is 292 g/mol. The Morgan fingerprint density at radius 1 is 1.10 bits per heavy atom. The number of hydrogen-bond acceptors (Lipinski definition) is 2. The normalized spacial score (nSPS) is 15.3. The summed E-state index contributed by atoms with van der Waals surface area (Å²) in [7, 11) is 0. The first kappa shape index (κ1) is 13.6. The second-order valence-electron chi connectivity index (χ2n) is 4.67. The fourth-order valence-corrected chi connectivity index (χ4v) is 3.46. The maximum atomic E-state index is 12.3. The van der Waals surface area contributed by atoms with Crippen LogP contribution in [0.25, 0.3) is 10.8 Å². The van der Waals surface area contributed by atoms with Crippen molar-refractivity contribution in [3.8, 4) is 0 Å². The molecule has 5 heteroatoms. The first-order valence-electron chi connectivity index (χ1n) is 6.56. The van der Waals surface area contributed by atoms with Gasteiger partial charge < -0.3 is 10.2 Å². The molecule has 0 unspecified atom stereocenters. The van der Waals surface area contributed by atoms with Gasteiger partial charge in [-0.05, 0) is 12.1 Å². The van der Waals surface area contributed by atoms with Crippen LogP contribution < -0.4 is 5.32 Å². The van der Waals surface area contributed by atoms with Gasteiger partial charge in [-0.1, -0.05) is 35.9 Å². The van der Waals surface area contributed by atoms with Gasteiger partial charge in [0.25, 0.3) is 0 Å². The zero-order chi connectivity index (χ0) is 13.9. The Morgan fingerprint density at radius 3 is 2.55 bits per heavy atom. The molecule has 0 radical (unpaired) electrons. The standard InChI is InChI=1S/C15H15ClN2OS/c16-13-5-6-14(12-4-2-1-3-11(12)13)17-15(19)18-7-9-20-10-8-18/h1-6H,7-10H2,(H,17,19). The second-order valence-corrected chi connectivity index (χ2v) is 6.30. The van der Waals surface area contributed by atoms with Gasteiger partial charge in [0.05, 0.1) is 5.69 Å². The highest BCUT2D eigenvalue weighted by atomic mass is 35.5. The number of fused-ring (bicyclic) bond motifs is 1. The molecule has 20 heavy (non-hydrogen) atoms. The summed E-state index contributed by atoms with van der Waals surface area (Å²) in [5, 5.41) is 5.63. The van der Waals surface area contributed by atoms with E-state index in [0.29, 0.717) is 5.02 Å². The number of carbonyl (C=O) groups is 1. The molecule has 1 saturated heterocycles. The lowest BCUT2D eigenvalue weighted by Crippen LogP contribution is -2.40. The third-order valence-corrected chi connectivity index (χ3v) is 4.68. The van der Waals surface area contributed by atoms with Crippen molar-refractivity contribution in [1.82, 2.24) is 4.90 Å². The summed E-state index contributed by atoms with van der Waals surface area (Å²) in [5.74, 6) is 2.02. The minimum absolute atomic E-state index is 0.0298. The van der Waals surface area contributed by atoms with Crippen LogP contribution in [-0.4, -0.2) is 35.5 Å². The molecule has 104 valence electrons. The van der Waals surface area contributed by atoms with E-state index >= 15 is 0 Å². The molecule has 1 aliphatic heterocycles. The van der Waals surface area contributed by atoms with Crippen LogP contribution in [0.1, 0.15) is 0 Å². The highest BCUT2D eigenvalue weighted by Gasteiger charge is 2.17. The highest BCUT2D eigenvalue weighted by molar-refractivity contribution is 7.99. The van der Waals surface area contributed by atoms with E-state index in [9.17, 15) is 4.79 Å². The van der Waals surface area contributed by atoms with Gasteiger partial charge in [-0.25, -0.2) is 4.79 Å². The molecule has 1 fully saturated rings. The van der Waals surface area contributed by atoms with Gasteiger partial charge in [0.1, 0.15) is 0 Å². The number of rotatable bonds is 1. The summed E-state index contributed by atoms with van der Waals surface area (Å²) in [6, 6.07) is 11.5. The molecule has 2 amide bonds. The molecule has 0 bridgehead atoms. The van der Waals surface area contributed by atoms with Crippen molar-refractivity contribution in [3.05, 3.63) is 41.4 Å². The average molecular weight is 307 g/mol. The Morgan fingerprint density at radius 2 is 1.80 bits per heavy atom. The van der Waals surface area contributed by atoms with E-state index in [-0.39, 0.29) is 6.03 Å². The third-order valence-electron chi connectivity index (χ3n) is 3.41. The van der Waals surface area contributed by atoms with Gasteiger partial charge in [0, 0.05) is 40.4 Å². The topological polar surface area (TPSA) is 32.3 Å². The third kappa shape index (κ3) is 2.72. The molecule has 0 spiro atoms. The predicted octanol–water partition coefficient (Wildman–Crippen LogP) is 4.07. The molecule has 0 atom stereocenters. The number of thioether (sulfide) groups is 1. The van der Waals surface area contributed by atoms with Crippen LogP contribution in [0.15, 0.2) is 36.4 Å². The first-order valence-corrected chi connectivity index (χ1v) is 8.10. The number of nitrogens with one attached hydrogen (secondary N) is 1. The molecule has 0 aromatic heterocycles. The predicted molar refractivity (Wildman–Crippen MR) is 86.9 cm³/mol. The van der Waals surface area contributed by atoms with E-state index in [1.807, 2.05) is 53.1 Å². The van der Waals surface area contributed by atoms with E-state index in [2.05, 4.69) is 5.32 Å². The molecule has 1 N–H and O–H groups in total. The SMILES string of the molecule is O=C(Nc1ccc(Cl)c2ccccc12)N1CCSCC1. The maximum absolute atomic E-state index is 12.3.